The van der Waals surface area contributed by atoms with Crippen molar-refractivity contribution in [1.29, 1.82) is 0 Å². The molecule has 1 aliphatic carbocycles. The van der Waals surface area contributed by atoms with E-state index in [1.807, 2.05) is 18.2 Å². The van der Waals surface area contributed by atoms with Crippen molar-refractivity contribution >= 4 is 11.9 Å². The Kier molecular flexibility index (Phi) is 6.08. The summed E-state index contributed by atoms with van der Waals surface area (Å²) in [6.07, 6.45) is 6.21. The van der Waals surface area contributed by atoms with Crippen LogP contribution < -0.4 is 27.7 Å². The third-order valence-electron chi connectivity index (χ3n) is 3.77. The van der Waals surface area contributed by atoms with Gasteiger partial charge >= 0.3 is 0 Å². The highest BCUT2D eigenvalue weighted by molar-refractivity contribution is 5.76. The molecule has 0 aromatic heterocycles. The van der Waals surface area contributed by atoms with E-state index in [4.69, 9.17) is 27.7 Å². The van der Waals surface area contributed by atoms with E-state index in [0.717, 1.165) is 29.7 Å². The number of rotatable bonds is 6. The van der Waals surface area contributed by atoms with Gasteiger partial charge in [-0.05, 0) is 48.9 Å². The molecule has 1 aromatic rings. The van der Waals surface area contributed by atoms with Crippen LogP contribution in [0.4, 0.5) is 0 Å². The Bertz CT molecular complexity index is 532. The van der Waals surface area contributed by atoms with Crippen LogP contribution in [-0.2, 0) is 13.1 Å². The molecule has 2 rings (SSSR count). The number of benzene rings is 1. The first-order valence-electron chi connectivity index (χ1n) is 7.93. The first kappa shape index (κ1) is 16.9. The fourth-order valence-corrected chi connectivity index (χ4v) is 2.72. The maximum Gasteiger partial charge on any atom is 0.186 e. The first-order valence-corrected chi connectivity index (χ1v) is 7.93. The van der Waals surface area contributed by atoms with Crippen molar-refractivity contribution in [3.63, 3.8) is 0 Å². The van der Waals surface area contributed by atoms with Crippen molar-refractivity contribution in [2.45, 2.75) is 51.3 Å². The van der Waals surface area contributed by atoms with Gasteiger partial charge in [0.1, 0.15) is 5.75 Å². The number of hydrogen-bond donors (Lipinski definition) is 4. The quantitative estimate of drug-likeness (QED) is 0.457. The number of guanidine groups is 2. The minimum atomic E-state index is 0.0642. The zero-order valence-corrected chi connectivity index (χ0v) is 13.4. The molecule has 0 bridgehead atoms. The molecule has 7 heteroatoms. The van der Waals surface area contributed by atoms with Crippen LogP contribution in [-0.4, -0.2) is 18.0 Å². The molecule has 0 saturated heterocycles. The Morgan fingerprint density at radius 1 is 0.870 bits per heavy atom. The molecule has 0 radical (unpaired) electrons. The van der Waals surface area contributed by atoms with Gasteiger partial charge in [-0.3, -0.25) is 0 Å². The molecule has 1 aliphatic rings. The van der Waals surface area contributed by atoms with E-state index in [1.54, 1.807) is 0 Å². The van der Waals surface area contributed by atoms with Crippen molar-refractivity contribution in [3.05, 3.63) is 29.3 Å². The molecular formula is C16H26N6O. The molecule has 1 aromatic carbocycles. The number of nitrogens with two attached hydrogens (primary N) is 4. The molecule has 0 aliphatic heterocycles. The average Bonchev–Trinajstić information content (AvgIpc) is 2.52. The van der Waals surface area contributed by atoms with Crippen molar-refractivity contribution in [2.24, 2.45) is 32.9 Å². The zero-order chi connectivity index (χ0) is 16.7. The number of ether oxygens (including phenoxy) is 1. The highest BCUT2D eigenvalue weighted by Gasteiger charge is 2.15. The fraction of sp³-hybridized carbons (Fsp3) is 0.500. The fourth-order valence-electron chi connectivity index (χ4n) is 2.72. The Morgan fingerprint density at radius 3 is 1.87 bits per heavy atom. The standard InChI is InChI=1S/C16H26N6O/c17-15(18)21-9-11-6-12(10-22-16(19)20)8-14(7-11)23-13-4-2-1-3-5-13/h6-8,13H,1-5,9-10H2,(H4,17,18,21)(H4,19,20,22). The molecule has 1 saturated carbocycles. The lowest BCUT2D eigenvalue weighted by molar-refractivity contribution is 0.155. The van der Waals surface area contributed by atoms with Crippen LogP contribution in [0.25, 0.3) is 0 Å². The van der Waals surface area contributed by atoms with Crippen LogP contribution in [0.5, 0.6) is 5.75 Å². The molecule has 0 unspecified atom stereocenters. The lowest BCUT2D eigenvalue weighted by Crippen LogP contribution is -2.23. The second-order valence-electron chi connectivity index (χ2n) is 5.85. The zero-order valence-electron chi connectivity index (χ0n) is 13.4. The molecule has 23 heavy (non-hydrogen) atoms. The van der Waals surface area contributed by atoms with E-state index >= 15 is 0 Å². The van der Waals surface area contributed by atoms with Gasteiger partial charge in [0, 0.05) is 0 Å². The summed E-state index contributed by atoms with van der Waals surface area (Å²) in [5, 5.41) is 0. The van der Waals surface area contributed by atoms with Crippen LogP contribution in [0.15, 0.2) is 28.2 Å². The molecule has 7 nitrogen and oxygen atoms in total. The van der Waals surface area contributed by atoms with Crippen molar-refractivity contribution in [1.82, 2.24) is 0 Å². The molecule has 8 N–H and O–H groups in total. The summed E-state index contributed by atoms with van der Waals surface area (Å²) >= 11 is 0. The Hall–Kier alpha value is -2.44. The van der Waals surface area contributed by atoms with Crippen LogP contribution in [0, 0.1) is 0 Å². The van der Waals surface area contributed by atoms with Gasteiger partial charge in [-0.15, -0.1) is 0 Å². The second-order valence-corrected chi connectivity index (χ2v) is 5.85. The number of nitrogens with zero attached hydrogens (tertiary/aromatic N) is 2. The summed E-state index contributed by atoms with van der Waals surface area (Å²) in [5.74, 6) is 0.949. The molecule has 0 amide bonds. The largest absolute Gasteiger partial charge is 0.490 e. The number of hydrogen-bond acceptors (Lipinski definition) is 3. The molecule has 1 fully saturated rings. The molecule has 126 valence electrons. The van der Waals surface area contributed by atoms with Crippen molar-refractivity contribution in [2.75, 3.05) is 0 Å². The van der Waals surface area contributed by atoms with Gasteiger partial charge in [-0.1, -0.05) is 12.5 Å². The first-order chi connectivity index (χ1) is 11.0. The average molecular weight is 318 g/mol. The summed E-state index contributed by atoms with van der Waals surface area (Å²) in [6.45, 7) is 0.804. The van der Waals surface area contributed by atoms with Crippen LogP contribution in [0.2, 0.25) is 0 Å². The van der Waals surface area contributed by atoms with Gasteiger partial charge in [0.15, 0.2) is 11.9 Å². The highest BCUT2D eigenvalue weighted by Crippen LogP contribution is 2.25. The highest BCUT2D eigenvalue weighted by atomic mass is 16.5. The van der Waals surface area contributed by atoms with E-state index in [0.29, 0.717) is 13.1 Å². The normalized spacial score (nSPS) is 15.0. The molecule has 0 atom stereocenters. The Morgan fingerprint density at radius 2 is 1.39 bits per heavy atom. The summed E-state index contributed by atoms with van der Waals surface area (Å²) in [7, 11) is 0. The van der Waals surface area contributed by atoms with E-state index in [1.165, 1.54) is 19.3 Å². The smallest absolute Gasteiger partial charge is 0.186 e. The summed E-state index contributed by atoms with van der Waals surface area (Å²) in [5.41, 5.74) is 23.6. The summed E-state index contributed by atoms with van der Waals surface area (Å²) < 4.78 is 6.13. The number of aliphatic imine (C=N–C) groups is 2. The third-order valence-corrected chi connectivity index (χ3v) is 3.77. The minimum absolute atomic E-state index is 0.0642. The predicted octanol–water partition coefficient (Wildman–Crippen LogP) is 0.945. The van der Waals surface area contributed by atoms with Gasteiger partial charge < -0.3 is 27.7 Å². The Balaban J connectivity index is 2.16. The van der Waals surface area contributed by atoms with Crippen LogP contribution in [0.3, 0.4) is 0 Å². The van der Waals surface area contributed by atoms with E-state index < -0.39 is 0 Å². The van der Waals surface area contributed by atoms with Crippen LogP contribution >= 0.6 is 0 Å². The molecule has 0 heterocycles. The lowest BCUT2D eigenvalue weighted by Gasteiger charge is -2.23. The van der Waals surface area contributed by atoms with Crippen LogP contribution in [0.1, 0.15) is 43.2 Å². The van der Waals surface area contributed by atoms with Crippen molar-refractivity contribution < 1.29 is 4.74 Å². The van der Waals surface area contributed by atoms with E-state index in [9.17, 15) is 0 Å². The monoisotopic (exact) mass is 318 g/mol. The lowest BCUT2D eigenvalue weighted by atomic mass is 9.98. The predicted molar refractivity (Wildman–Crippen MR) is 93.0 cm³/mol. The second kappa shape index (κ2) is 8.26. The maximum absolute atomic E-state index is 6.13. The van der Waals surface area contributed by atoms with E-state index in [2.05, 4.69) is 9.98 Å². The van der Waals surface area contributed by atoms with Gasteiger partial charge in [0.2, 0.25) is 0 Å². The minimum Gasteiger partial charge on any atom is -0.490 e. The van der Waals surface area contributed by atoms with Gasteiger partial charge in [-0.25, -0.2) is 9.98 Å². The van der Waals surface area contributed by atoms with Gasteiger partial charge in [-0.2, -0.15) is 0 Å². The SMILES string of the molecule is NC(N)=NCc1cc(CN=C(N)N)cc(OC2CCCCC2)c1. The topological polar surface area (TPSA) is 138 Å². The molecular weight excluding hydrogens is 292 g/mol. The Labute approximate surface area is 136 Å². The van der Waals surface area contributed by atoms with E-state index in [-0.39, 0.29) is 18.0 Å². The third kappa shape index (κ3) is 6.06. The van der Waals surface area contributed by atoms with Gasteiger partial charge in [0.05, 0.1) is 19.2 Å². The molecule has 0 spiro atoms. The van der Waals surface area contributed by atoms with Crippen molar-refractivity contribution in [3.8, 4) is 5.75 Å². The van der Waals surface area contributed by atoms with Gasteiger partial charge in [0.25, 0.3) is 0 Å². The maximum atomic E-state index is 6.13. The summed E-state index contributed by atoms with van der Waals surface area (Å²) in [4.78, 5) is 8.10. The summed E-state index contributed by atoms with van der Waals surface area (Å²) in [6, 6.07) is 5.92.